The molecule has 40 heavy (non-hydrogen) atoms. The van der Waals surface area contributed by atoms with E-state index in [9.17, 15) is 19.7 Å². The van der Waals surface area contributed by atoms with Crippen LogP contribution in [-0.2, 0) is 9.53 Å². The van der Waals surface area contributed by atoms with Crippen molar-refractivity contribution in [3.05, 3.63) is 109 Å². The van der Waals surface area contributed by atoms with Crippen LogP contribution in [0.1, 0.15) is 46.8 Å². The number of nitro groups is 1. The predicted molar refractivity (Wildman–Crippen MR) is 153 cm³/mol. The third-order valence-electron chi connectivity index (χ3n) is 6.97. The highest BCUT2D eigenvalue weighted by Crippen LogP contribution is 2.44. The van der Waals surface area contributed by atoms with Crippen molar-refractivity contribution in [2.75, 3.05) is 12.3 Å². The van der Waals surface area contributed by atoms with Crippen molar-refractivity contribution < 1.29 is 19.2 Å². The van der Waals surface area contributed by atoms with E-state index in [2.05, 4.69) is 6.08 Å². The van der Waals surface area contributed by atoms with E-state index in [1.807, 2.05) is 36.4 Å². The number of hydrazone groups is 1. The van der Waals surface area contributed by atoms with Gasteiger partial charge in [0.25, 0.3) is 11.6 Å². The van der Waals surface area contributed by atoms with Crippen LogP contribution in [0.15, 0.2) is 77.4 Å². The van der Waals surface area contributed by atoms with Gasteiger partial charge in [-0.2, -0.15) is 5.10 Å². The first-order valence-electron chi connectivity index (χ1n) is 12.5. The van der Waals surface area contributed by atoms with E-state index in [1.54, 1.807) is 12.1 Å². The number of benzene rings is 3. The number of hydrogen-bond acceptors (Lipinski definition) is 7. The molecule has 9 nitrogen and oxygen atoms in total. The highest BCUT2D eigenvalue weighted by molar-refractivity contribution is 6.30. The maximum absolute atomic E-state index is 13.5. The molecule has 204 valence electrons. The zero-order valence-corrected chi connectivity index (χ0v) is 22.6. The molecule has 1 aliphatic carbocycles. The number of halogens is 2. The second-order valence-corrected chi connectivity index (χ2v) is 10.4. The van der Waals surface area contributed by atoms with Gasteiger partial charge in [-0.1, -0.05) is 47.5 Å². The second kappa shape index (κ2) is 11.5. The monoisotopic (exact) mass is 578 g/mol. The molecular weight excluding hydrogens is 555 g/mol. The molecule has 2 unspecified atom stereocenters. The van der Waals surface area contributed by atoms with Gasteiger partial charge in [-0.05, 0) is 78.4 Å². The lowest BCUT2D eigenvalue weighted by Gasteiger charge is -2.29. The number of carbonyl (C=O) groups excluding carboxylic acids is 2. The lowest BCUT2D eigenvalue weighted by atomic mass is 9.77. The van der Waals surface area contributed by atoms with E-state index in [0.717, 1.165) is 47.7 Å². The number of rotatable bonds is 6. The fourth-order valence-electron chi connectivity index (χ4n) is 5.07. The van der Waals surface area contributed by atoms with Crippen LogP contribution in [0, 0.1) is 16.0 Å². The van der Waals surface area contributed by atoms with Gasteiger partial charge in [0, 0.05) is 22.0 Å². The van der Waals surface area contributed by atoms with Crippen molar-refractivity contribution in [3.8, 4) is 0 Å². The molecule has 0 aromatic heterocycles. The zero-order chi connectivity index (χ0) is 28.4. The quantitative estimate of drug-likeness (QED) is 0.154. The summed E-state index contributed by atoms with van der Waals surface area (Å²) in [5.41, 5.74) is 8.70. The van der Waals surface area contributed by atoms with Gasteiger partial charge in [-0.25, -0.2) is 9.80 Å². The van der Waals surface area contributed by atoms with Crippen molar-refractivity contribution in [2.24, 2.45) is 11.0 Å². The third-order valence-corrected chi connectivity index (χ3v) is 7.47. The number of hydrogen-bond donors (Lipinski definition) is 1. The lowest BCUT2D eigenvalue weighted by Crippen LogP contribution is -2.34. The van der Waals surface area contributed by atoms with Crippen LogP contribution in [0.25, 0.3) is 6.08 Å². The molecule has 1 heterocycles. The van der Waals surface area contributed by atoms with E-state index in [1.165, 1.54) is 17.1 Å². The van der Waals surface area contributed by atoms with E-state index >= 15 is 0 Å². The third kappa shape index (κ3) is 5.71. The number of fused-ring (bicyclic) bond motifs is 1. The maximum atomic E-state index is 13.5. The number of esters is 1. The van der Waals surface area contributed by atoms with Crippen molar-refractivity contribution in [3.63, 3.8) is 0 Å². The predicted octanol–water partition coefficient (Wildman–Crippen LogP) is 6.46. The average Bonchev–Trinajstić information content (AvgIpc) is 3.34. The molecule has 1 amide bonds. The fourth-order valence-corrected chi connectivity index (χ4v) is 5.32. The Morgan fingerprint density at radius 3 is 2.42 bits per heavy atom. The Bertz CT molecular complexity index is 1540. The summed E-state index contributed by atoms with van der Waals surface area (Å²) in [6, 6.07) is 17.9. The van der Waals surface area contributed by atoms with Crippen LogP contribution >= 0.6 is 23.2 Å². The van der Waals surface area contributed by atoms with Gasteiger partial charge in [-0.15, -0.1) is 0 Å². The van der Waals surface area contributed by atoms with Crippen LogP contribution in [0.5, 0.6) is 0 Å². The molecule has 2 atom stereocenters. The Hall–Kier alpha value is -4.21. The van der Waals surface area contributed by atoms with Crippen LogP contribution in [0.3, 0.4) is 0 Å². The second-order valence-electron chi connectivity index (χ2n) is 9.55. The molecule has 2 N–H and O–H groups in total. The minimum Gasteiger partial charge on any atom is -0.452 e. The van der Waals surface area contributed by atoms with Crippen LogP contribution in [0.2, 0.25) is 10.0 Å². The number of nitro benzene ring substituents is 1. The summed E-state index contributed by atoms with van der Waals surface area (Å²) in [6.45, 7) is -0.596. The van der Waals surface area contributed by atoms with Crippen molar-refractivity contribution in [2.45, 2.75) is 25.3 Å². The molecule has 1 fully saturated rings. The Balaban J connectivity index is 1.42. The first kappa shape index (κ1) is 27.4. The highest BCUT2D eigenvalue weighted by atomic mass is 35.5. The van der Waals surface area contributed by atoms with E-state index in [-0.39, 0.29) is 17.2 Å². The number of nitrogens with two attached hydrogens (primary N) is 1. The molecule has 3 aromatic rings. The summed E-state index contributed by atoms with van der Waals surface area (Å²) in [4.78, 5) is 36.6. The van der Waals surface area contributed by atoms with Gasteiger partial charge < -0.3 is 10.5 Å². The number of nitrogen functional groups attached to an aromatic ring is 1. The average molecular weight is 579 g/mol. The lowest BCUT2D eigenvalue weighted by molar-refractivity contribution is -0.383. The first-order valence-corrected chi connectivity index (χ1v) is 13.3. The van der Waals surface area contributed by atoms with Crippen molar-refractivity contribution in [1.82, 2.24) is 5.01 Å². The Morgan fingerprint density at radius 1 is 1.07 bits per heavy atom. The van der Waals surface area contributed by atoms with E-state index < -0.39 is 35.1 Å². The Kier molecular flexibility index (Phi) is 7.86. The summed E-state index contributed by atoms with van der Waals surface area (Å²) in [6.07, 6.45) is 4.60. The zero-order valence-electron chi connectivity index (χ0n) is 21.1. The van der Waals surface area contributed by atoms with Crippen LogP contribution in [-0.4, -0.2) is 34.1 Å². The molecular formula is C29H24Cl2N4O5. The van der Waals surface area contributed by atoms with Crippen LogP contribution in [0.4, 0.5) is 11.4 Å². The Morgan fingerprint density at radius 2 is 1.75 bits per heavy atom. The van der Waals surface area contributed by atoms with Gasteiger partial charge in [-0.3, -0.25) is 14.9 Å². The SMILES string of the molecule is Nc1ccc(C(=O)OCC(=O)N2N=C3C(=Cc4ccc(Cl)cc4)CCCC3C2c2ccc(Cl)cc2)cc1[N+](=O)[O-]. The minimum atomic E-state index is -0.882. The normalized spacial score (nSPS) is 19.2. The highest BCUT2D eigenvalue weighted by Gasteiger charge is 2.43. The number of anilines is 1. The van der Waals surface area contributed by atoms with Gasteiger partial charge in [0.15, 0.2) is 6.61 Å². The summed E-state index contributed by atoms with van der Waals surface area (Å²) in [7, 11) is 0. The minimum absolute atomic E-state index is 0.0622. The van der Waals surface area contributed by atoms with Gasteiger partial charge in [0.1, 0.15) is 5.69 Å². The first-order chi connectivity index (χ1) is 19.2. The van der Waals surface area contributed by atoms with Gasteiger partial charge in [0.2, 0.25) is 0 Å². The molecule has 3 aromatic carbocycles. The number of allylic oxidation sites excluding steroid dienone is 1. The smallest absolute Gasteiger partial charge is 0.338 e. The molecule has 0 spiro atoms. The van der Waals surface area contributed by atoms with Crippen molar-refractivity contribution >= 4 is 58.2 Å². The molecule has 1 aliphatic heterocycles. The van der Waals surface area contributed by atoms with Crippen LogP contribution < -0.4 is 5.73 Å². The van der Waals surface area contributed by atoms with Crippen molar-refractivity contribution in [1.29, 1.82) is 0 Å². The number of ether oxygens (including phenoxy) is 1. The fraction of sp³-hybridized carbons (Fsp3) is 0.207. The molecule has 2 aliphatic rings. The van der Waals surface area contributed by atoms with E-state index in [0.29, 0.717) is 10.0 Å². The van der Waals surface area contributed by atoms with Gasteiger partial charge >= 0.3 is 5.97 Å². The standard InChI is InChI=1S/C29H24Cl2N4O5/c30-21-9-4-17(5-10-21)14-19-2-1-3-23-27(19)33-34(28(23)18-6-11-22(31)12-7-18)26(36)16-40-29(37)20-8-13-24(32)25(15-20)35(38)39/h4-15,23,28H,1-3,16,32H2. The largest absolute Gasteiger partial charge is 0.452 e. The molecule has 0 bridgehead atoms. The summed E-state index contributed by atoms with van der Waals surface area (Å²) < 4.78 is 5.26. The number of carbonyl (C=O) groups is 2. The maximum Gasteiger partial charge on any atom is 0.338 e. The summed E-state index contributed by atoms with van der Waals surface area (Å²) >= 11 is 12.2. The molecule has 1 saturated carbocycles. The summed E-state index contributed by atoms with van der Waals surface area (Å²) in [5.74, 6) is -1.47. The Labute approximate surface area is 240 Å². The molecule has 0 saturated heterocycles. The molecule has 5 rings (SSSR count). The summed E-state index contributed by atoms with van der Waals surface area (Å²) in [5, 5.41) is 18.5. The number of amides is 1. The van der Waals surface area contributed by atoms with Gasteiger partial charge in [0.05, 0.1) is 22.2 Å². The molecule has 0 radical (unpaired) electrons. The topological polar surface area (TPSA) is 128 Å². The van der Waals surface area contributed by atoms with E-state index in [4.69, 9.17) is 38.8 Å². The number of nitrogens with zero attached hydrogens (tertiary/aromatic N) is 3. The molecule has 11 heteroatoms.